The Morgan fingerprint density at radius 3 is 2.42 bits per heavy atom. The summed E-state index contributed by atoms with van der Waals surface area (Å²) in [7, 11) is 2.13. The average Bonchev–Trinajstić information content (AvgIpc) is 3.68. The maximum absolute atomic E-state index is 14.5. The topological polar surface area (TPSA) is 60.9 Å². The predicted molar refractivity (Wildman–Crippen MR) is 152 cm³/mol. The van der Waals surface area contributed by atoms with Crippen LogP contribution in [0.25, 0.3) is 0 Å². The molecule has 1 aliphatic carbocycles. The van der Waals surface area contributed by atoms with Gasteiger partial charge in [-0.1, -0.05) is 23.7 Å². The Bertz CT molecular complexity index is 1520. The normalized spacial score (nSPS) is 21.9. The van der Waals surface area contributed by atoms with Crippen LogP contribution in [0, 0.1) is 6.92 Å². The van der Waals surface area contributed by atoms with Crippen molar-refractivity contribution in [2.24, 2.45) is 0 Å². The summed E-state index contributed by atoms with van der Waals surface area (Å²) in [5.74, 6) is -0.766. The molecule has 5 nitrogen and oxygen atoms in total. The maximum Gasteiger partial charge on any atom is 0.336 e. The SMILES string of the molecule is Cc1cc(N2C(=O)C(C)(c3ccc4c(c3)CCC(C)(C)N4C)c3cc(Cl)ccc32)cc(C(=O)O)c1C1CC1. The summed E-state index contributed by atoms with van der Waals surface area (Å²) in [6.07, 6.45) is 3.99. The van der Waals surface area contributed by atoms with Crippen LogP contribution in [-0.4, -0.2) is 29.6 Å². The number of aromatic carboxylic acids is 1. The van der Waals surface area contributed by atoms with Gasteiger partial charge in [0.1, 0.15) is 0 Å². The van der Waals surface area contributed by atoms with Crippen LogP contribution in [0.5, 0.6) is 0 Å². The molecule has 196 valence electrons. The van der Waals surface area contributed by atoms with Gasteiger partial charge in [0.25, 0.3) is 0 Å². The lowest BCUT2D eigenvalue weighted by Gasteiger charge is -2.43. The van der Waals surface area contributed by atoms with E-state index in [4.69, 9.17) is 11.6 Å². The van der Waals surface area contributed by atoms with Crippen LogP contribution in [0.2, 0.25) is 5.02 Å². The summed E-state index contributed by atoms with van der Waals surface area (Å²) in [5, 5.41) is 10.6. The monoisotopic (exact) mass is 528 g/mol. The third-order valence-electron chi connectivity index (χ3n) is 9.15. The van der Waals surface area contributed by atoms with E-state index < -0.39 is 11.4 Å². The number of nitrogens with zero attached hydrogens (tertiary/aromatic N) is 2. The molecule has 1 N–H and O–H groups in total. The Morgan fingerprint density at radius 1 is 1.03 bits per heavy atom. The standard InChI is InChI=1S/C32H33ClN2O3/c1-18-14-23(17-24(29(36)37)28(18)19-6-7-19)35-27-11-9-22(33)16-25(27)32(4,30(35)38)21-8-10-26-20(15-21)12-13-31(2,3)34(26)5/h8-11,14-17,19H,6-7,12-13H2,1-5H3,(H,36,37). The summed E-state index contributed by atoms with van der Waals surface area (Å²) >= 11 is 6.49. The molecule has 3 aromatic rings. The van der Waals surface area contributed by atoms with Gasteiger partial charge < -0.3 is 10.0 Å². The molecule has 2 aliphatic heterocycles. The molecular formula is C32H33ClN2O3. The highest BCUT2D eigenvalue weighted by atomic mass is 35.5. The number of hydrogen-bond donors (Lipinski definition) is 1. The number of amides is 1. The number of fused-ring (bicyclic) bond motifs is 2. The van der Waals surface area contributed by atoms with E-state index in [1.54, 1.807) is 17.0 Å². The molecule has 6 rings (SSSR count). The lowest BCUT2D eigenvalue weighted by molar-refractivity contribution is -0.120. The highest BCUT2D eigenvalue weighted by Crippen LogP contribution is 2.52. The molecule has 0 radical (unpaired) electrons. The smallest absolute Gasteiger partial charge is 0.336 e. The molecule has 1 fully saturated rings. The van der Waals surface area contributed by atoms with Crippen molar-refractivity contribution in [1.82, 2.24) is 0 Å². The van der Waals surface area contributed by atoms with E-state index in [2.05, 4.69) is 44.0 Å². The Kier molecular flexibility index (Phi) is 5.49. The third-order valence-corrected chi connectivity index (χ3v) is 9.38. The molecule has 1 unspecified atom stereocenters. The minimum atomic E-state index is -0.965. The van der Waals surface area contributed by atoms with Crippen molar-refractivity contribution in [3.8, 4) is 0 Å². The van der Waals surface area contributed by atoms with Crippen molar-refractivity contribution < 1.29 is 14.7 Å². The largest absolute Gasteiger partial charge is 0.478 e. The lowest BCUT2D eigenvalue weighted by atomic mass is 9.75. The highest BCUT2D eigenvalue weighted by molar-refractivity contribution is 6.31. The van der Waals surface area contributed by atoms with Gasteiger partial charge in [-0.3, -0.25) is 9.69 Å². The first-order valence-electron chi connectivity index (χ1n) is 13.3. The Hall–Kier alpha value is -3.31. The summed E-state index contributed by atoms with van der Waals surface area (Å²) in [4.78, 5) is 30.8. The van der Waals surface area contributed by atoms with Crippen LogP contribution in [-0.2, 0) is 16.6 Å². The molecule has 0 aromatic heterocycles. The number of halogens is 1. The second-order valence-corrected chi connectivity index (χ2v) is 12.4. The molecule has 3 aliphatic rings. The summed E-state index contributed by atoms with van der Waals surface area (Å²) < 4.78 is 0. The minimum absolute atomic E-state index is 0.0743. The third kappa shape index (κ3) is 3.59. The number of carbonyl (C=O) groups is 2. The predicted octanol–water partition coefficient (Wildman–Crippen LogP) is 7.37. The van der Waals surface area contributed by atoms with Crippen LogP contribution in [0.1, 0.15) is 84.1 Å². The number of rotatable bonds is 4. The van der Waals surface area contributed by atoms with Gasteiger partial charge in [-0.25, -0.2) is 4.79 Å². The zero-order valence-electron chi connectivity index (χ0n) is 22.6. The zero-order chi connectivity index (χ0) is 27.1. The number of aryl methyl sites for hydroxylation is 2. The molecule has 2 heterocycles. The van der Waals surface area contributed by atoms with E-state index >= 15 is 0 Å². The van der Waals surface area contributed by atoms with E-state index in [0.29, 0.717) is 22.2 Å². The van der Waals surface area contributed by atoms with Gasteiger partial charge in [0.05, 0.1) is 22.4 Å². The first-order chi connectivity index (χ1) is 17.9. The van der Waals surface area contributed by atoms with Gasteiger partial charge in [0.2, 0.25) is 5.91 Å². The van der Waals surface area contributed by atoms with E-state index in [9.17, 15) is 14.7 Å². The van der Waals surface area contributed by atoms with Crippen molar-refractivity contribution in [3.63, 3.8) is 0 Å². The van der Waals surface area contributed by atoms with E-state index in [1.807, 2.05) is 32.0 Å². The van der Waals surface area contributed by atoms with Gasteiger partial charge in [0.15, 0.2) is 0 Å². The Balaban J connectivity index is 1.51. The molecule has 1 atom stereocenters. The van der Waals surface area contributed by atoms with Crippen molar-refractivity contribution >= 4 is 40.5 Å². The van der Waals surface area contributed by atoms with Gasteiger partial charge in [-0.2, -0.15) is 0 Å². The molecule has 1 saturated carbocycles. The van der Waals surface area contributed by atoms with Crippen LogP contribution in [0.4, 0.5) is 17.1 Å². The highest BCUT2D eigenvalue weighted by Gasteiger charge is 2.50. The van der Waals surface area contributed by atoms with Gasteiger partial charge in [-0.15, -0.1) is 0 Å². The average molecular weight is 529 g/mol. The molecule has 0 bridgehead atoms. The number of carboxylic acid groups (broad SMARTS) is 1. The van der Waals surface area contributed by atoms with Gasteiger partial charge in [-0.05, 0) is 124 Å². The van der Waals surface area contributed by atoms with Crippen molar-refractivity contribution in [2.75, 3.05) is 16.8 Å². The second-order valence-electron chi connectivity index (χ2n) is 11.9. The van der Waals surface area contributed by atoms with E-state index in [1.165, 1.54) is 11.3 Å². The zero-order valence-corrected chi connectivity index (χ0v) is 23.3. The number of hydrogen-bond acceptors (Lipinski definition) is 3. The molecule has 6 heteroatoms. The summed E-state index contributed by atoms with van der Waals surface area (Å²) in [5.41, 5.74) is 6.72. The number of carbonyl (C=O) groups excluding carboxylic acids is 1. The molecular weight excluding hydrogens is 496 g/mol. The van der Waals surface area contributed by atoms with Crippen LogP contribution >= 0.6 is 11.6 Å². The minimum Gasteiger partial charge on any atom is -0.478 e. The van der Waals surface area contributed by atoms with Crippen molar-refractivity contribution in [2.45, 2.75) is 70.3 Å². The van der Waals surface area contributed by atoms with Crippen molar-refractivity contribution in [1.29, 1.82) is 0 Å². The van der Waals surface area contributed by atoms with Crippen molar-refractivity contribution in [3.05, 3.63) is 86.9 Å². The lowest BCUT2D eigenvalue weighted by Crippen LogP contribution is -2.45. The van der Waals surface area contributed by atoms with Crippen LogP contribution < -0.4 is 9.80 Å². The molecule has 0 saturated heterocycles. The number of anilines is 3. The van der Waals surface area contributed by atoms with E-state index in [0.717, 1.165) is 53.6 Å². The molecule has 0 spiro atoms. The number of carboxylic acids is 1. The Morgan fingerprint density at radius 2 is 1.74 bits per heavy atom. The van der Waals surface area contributed by atoms with Crippen LogP contribution in [0.15, 0.2) is 48.5 Å². The fraction of sp³-hybridized carbons (Fsp3) is 0.375. The maximum atomic E-state index is 14.5. The first-order valence-corrected chi connectivity index (χ1v) is 13.7. The fourth-order valence-electron chi connectivity index (χ4n) is 6.44. The quantitative estimate of drug-likeness (QED) is 0.384. The first kappa shape index (κ1) is 25.0. The van der Waals surface area contributed by atoms with Gasteiger partial charge in [0, 0.05) is 23.3 Å². The van der Waals surface area contributed by atoms with E-state index in [-0.39, 0.29) is 11.4 Å². The second kappa shape index (κ2) is 8.34. The summed E-state index contributed by atoms with van der Waals surface area (Å²) in [6.45, 7) is 8.42. The number of benzene rings is 3. The fourth-order valence-corrected chi connectivity index (χ4v) is 6.62. The molecule has 38 heavy (non-hydrogen) atoms. The van der Waals surface area contributed by atoms with Gasteiger partial charge >= 0.3 is 5.97 Å². The van der Waals surface area contributed by atoms with Crippen LogP contribution in [0.3, 0.4) is 0 Å². The molecule has 1 amide bonds. The molecule has 3 aromatic carbocycles. The Labute approximate surface area is 229 Å². The summed E-state index contributed by atoms with van der Waals surface area (Å²) in [6, 6.07) is 15.6.